The number of nitrogens with one attached hydrogen (secondary N) is 1. The van der Waals surface area contributed by atoms with E-state index in [-0.39, 0.29) is 0 Å². The molecule has 3 nitrogen and oxygen atoms in total. The molecule has 0 amide bonds. The first-order valence-corrected chi connectivity index (χ1v) is 6.40. The summed E-state index contributed by atoms with van der Waals surface area (Å²) in [4.78, 5) is 0. The molecule has 1 atom stereocenters. The fourth-order valence-electron chi connectivity index (χ4n) is 1.70. The Hall–Kier alpha value is -0.640. The van der Waals surface area contributed by atoms with Crippen LogP contribution in [0.4, 0.5) is 5.69 Å². The summed E-state index contributed by atoms with van der Waals surface area (Å²) in [5.74, 6) is 2.56. The van der Waals surface area contributed by atoms with E-state index < -0.39 is 0 Å². The number of nitrogens with zero attached hydrogens (tertiary/aromatic N) is 2. The number of thioether (sulfide) groups is 1. The third kappa shape index (κ3) is 2.44. The Balaban J connectivity index is 1.89. The Morgan fingerprint density at radius 2 is 2.64 bits per heavy atom. The van der Waals surface area contributed by atoms with E-state index in [1.807, 2.05) is 22.6 Å². The van der Waals surface area contributed by atoms with Gasteiger partial charge in [0.05, 0.1) is 11.9 Å². The summed E-state index contributed by atoms with van der Waals surface area (Å²) in [6, 6.07) is 0.642. The molecule has 14 heavy (non-hydrogen) atoms. The van der Waals surface area contributed by atoms with E-state index in [0.29, 0.717) is 6.04 Å². The largest absolute Gasteiger partial charge is 0.379 e. The molecule has 1 unspecified atom stereocenters. The second-order valence-electron chi connectivity index (χ2n) is 3.64. The highest BCUT2D eigenvalue weighted by Gasteiger charge is 2.13. The molecule has 1 fully saturated rings. The molecule has 1 aliphatic heterocycles. The first-order valence-electron chi connectivity index (χ1n) is 5.25. The predicted octanol–water partition coefficient (Wildman–Crippen LogP) is 2.21. The lowest BCUT2D eigenvalue weighted by Gasteiger charge is -2.22. The highest BCUT2D eigenvalue weighted by molar-refractivity contribution is 7.99. The van der Waals surface area contributed by atoms with Gasteiger partial charge in [-0.2, -0.15) is 16.9 Å². The third-order valence-electron chi connectivity index (χ3n) is 2.49. The van der Waals surface area contributed by atoms with E-state index in [9.17, 15) is 0 Å². The average Bonchev–Trinajstić information content (AvgIpc) is 2.67. The van der Waals surface area contributed by atoms with E-state index in [1.165, 1.54) is 30.0 Å². The van der Waals surface area contributed by atoms with E-state index >= 15 is 0 Å². The zero-order chi connectivity index (χ0) is 9.80. The van der Waals surface area contributed by atoms with Crippen molar-refractivity contribution in [2.24, 2.45) is 0 Å². The molecule has 4 heteroatoms. The first-order chi connectivity index (χ1) is 6.88. The lowest BCUT2D eigenvalue weighted by atomic mass is 10.2. The molecule has 1 aliphatic rings. The van der Waals surface area contributed by atoms with Gasteiger partial charge in [-0.05, 0) is 25.5 Å². The average molecular weight is 211 g/mol. The Morgan fingerprint density at radius 1 is 1.71 bits per heavy atom. The minimum absolute atomic E-state index is 0.642. The van der Waals surface area contributed by atoms with Crippen LogP contribution in [0, 0.1) is 0 Å². The number of aromatic nitrogens is 2. The maximum Gasteiger partial charge on any atom is 0.0728 e. The van der Waals surface area contributed by atoms with Gasteiger partial charge in [-0.25, -0.2) is 0 Å². The summed E-state index contributed by atoms with van der Waals surface area (Å²) < 4.78 is 1.96. The zero-order valence-electron chi connectivity index (χ0n) is 8.57. The van der Waals surface area contributed by atoms with Gasteiger partial charge in [-0.1, -0.05) is 0 Å². The maximum absolute atomic E-state index is 4.25. The van der Waals surface area contributed by atoms with Gasteiger partial charge in [0.25, 0.3) is 0 Å². The number of aryl methyl sites for hydroxylation is 1. The van der Waals surface area contributed by atoms with Crippen LogP contribution in [0.2, 0.25) is 0 Å². The van der Waals surface area contributed by atoms with Gasteiger partial charge in [0.1, 0.15) is 0 Å². The molecule has 0 aromatic carbocycles. The van der Waals surface area contributed by atoms with E-state index in [4.69, 9.17) is 0 Å². The van der Waals surface area contributed by atoms with Crippen molar-refractivity contribution >= 4 is 17.4 Å². The van der Waals surface area contributed by atoms with Crippen molar-refractivity contribution in [3.05, 3.63) is 12.4 Å². The Kier molecular flexibility index (Phi) is 3.35. The molecule has 1 N–H and O–H groups in total. The fourth-order valence-corrected chi connectivity index (χ4v) is 2.77. The van der Waals surface area contributed by atoms with Crippen LogP contribution in [0.25, 0.3) is 0 Å². The van der Waals surface area contributed by atoms with Crippen LogP contribution in [0.3, 0.4) is 0 Å². The quantitative estimate of drug-likeness (QED) is 0.831. The molecule has 1 aromatic rings. The molecule has 78 valence electrons. The molecule has 0 bridgehead atoms. The molecule has 0 spiro atoms. The van der Waals surface area contributed by atoms with Gasteiger partial charge in [0.15, 0.2) is 0 Å². The van der Waals surface area contributed by atoms with Crippen molar-refractivity contribution in [2.45, 2.75) is 32.4 Å². The van der Waals surface area contributed by atoms with Crippen molar-refractivity contribution in [1.29, 1.82) is 0 Å². The number of hydrogen-bond acceptors (Lipinski definition) is 3. The lowest BCUT2D eigenvalue weighted by molar-refractivity contribution is 0.659. The molecule has 0 saturated carbocycles. The summed E-state index contributed by atoms with van der Waals surface area (Å²) >= 11 is 2.05. The summed E-state index contributed by atoms with van der Waals surface area (Å²) in [5, 5.41) is 7.78. The van der Waals surface area contributed by atoms with Crippen LogP contribution in [-0.2, 0) is 6.54 Å². The van der Waals surface area contributed by atoms with Crippen LogP contribution in [0.5, 0.6) is 0 Å². The van der Waals surface area contributed by atoms with Crippen LogP contribution in [-0.4, -0.2) is 27.3 Å². The molecular formula is C10H17N3S. The lowest BCUT2D eigenvalue weighted by Crippen LogP contribution is -2.25. The smallest absolute Gasteiger partial charge is 0.0728 e. The molecule has 2 rings (SSSR count). The van der Waals surface area contributed by atoms with E-state index in [0.717, 1.165) is 6.54 Å². The van der Waals surface area contributed by atoms with Crippen LogP contribution in [0.15, 0.2) is 12.4 Å². The Bertz CT molecular complexity index is 279. The predicted molar refractivity (Wildman–Crippen MR) is 61.9 cm³/mol. The molecule has 0 aliphatic carbocycles. The highest BCUT2D eigenvalue weighted by atomic mass is 32.2. The van der Waals surface area contributed by atoms with Crippen LogP contribution < -0.4 is 5.32 Å². The van der Waals surface area contributed by atoms with Crippen molar-refractivity contribution in [1.82, 2.24) is 9.78 Å². The summed E-state index contributed by atoms with van der Waals surface area (Å²) in [6.07, 6.45) is 6.64. The van der Waals surface area contributed by atoms with Gasteiger partial charge in [-0.3, -0.25) is 4.68 Å². The summed E-state index contributed by atoms with van der Waals surface area (Å²) in [6.45, 7) is 3.05. The minimum atomic E-state index is 0.642. The van der Waals surface area contributed by atoms with Crippen molar-refractivity contribution in [3.8, 4) is 0 Å². The first kappa shape index (κ1) is 9.90. The number of hydrogen-bond donors (Lipinski definition) is 1. The summed E-state index contributed by atoms with van der Waals surface area (Å²) in [5.41, 5.74) is 1.17. The van der Waals surface area contributed by atoms with Gasteiger partial charge < -0.3 is 5.32 Å². The maximum atomic E-state index is 4.25. The third-order valence-corrected chi connectivity index (χ3v) is 3.70. The van der Waals surface area contributed by atoms with Gasteiger partial charge in [-0.15, -0.1) is 0 Å². The fraction of sp³-hybridized carbons (Fsp3) is 0.700. The second kappa shape index (κ2) is 4.73. The minimum Gasteiger partial charge on any atom is -0.379 e. The Labute approximate surface area is 89.3 Å². The Morgan fingerprint density at radius 3 is 3.29 bits per heavy atom. The van der Waals surface area contributed by atoms with E-state index in [2.05, 4.69) is 23.5 Å². The van der Waals surface area contributed by atoms with Crippen molar-refractivity contribution < 1.29 is 0 Å². The van der Waals surface area contributed by atoms with Crippen molar-refractivity contribution in [2.75, 3.05) is 16.8 Å². The van der Waals surface area contributed by atoms with Gasteiger partial charge in [0.2, 0.25) is 0 Å². The monoisotopic (exact) mass is 211 g/mol. The molecule has 2 heterocycles. The highest BCUT2D eigenvalue weighted by Crippen LogP contribution is 2.20. The van der Waals surface area contributed by atoms with Gasteiger partial charge in [0, 0.05) is 24.5 Å². The molecular weight excluding hydrogens is 194 g/mol. The molecule has 0 radical (unpaired) electrons. The van der Waals surface area contributed by atoms with Crippen molar-refractivity contribution in [3.63, 3.8) is 0 Å². The van der Waals surface area contributed by atoms with Crippen LogP contribution in [0.1, 0.15) is 19.8 Å². The zero-order valence-corrected chi connectivity index (χ0v) is 9.39. The second-order valence-corrected chi connectivity index (χ2v) is 4.79. The number of rotatable bonds is 3. The van der Waals surface area contributed by atoms with E-state index in [1.54, 1.807) is 0 Å². The number of anilines is 1. The molecule has 1 aromatic heterocycles. The molecule has 1 saturated heterocycles. The SMILES string of the molecule is CCn1cc(NC2CCCSC2)cn1. The van der Waals surface area contributed by atoms with Gasteiger partial charge >= 0.3 is 0 Å². The summed E-state index contributed by atoms with van der Waals surface area (Å²) in [7, 11) is 0. The standard InChI is InChI=1S/C10H17N3S/c1-2-13-7-10(6-11-13)12-9-4-3-5-14-8-9/h6-7,9,12H,2-5,8H2,1H3. The van der Waals surface area contributed by atoms with Crippen LogP contribution >= 0.6 is 11.8 Å². The topological polar surface area (TPSA) is 29.9 Å². The normalized spacial score (nSPS) is 22.2.